The molecule has 1 aromatic carbocycles. The van der Waals surface area contributed by atoms with Crippen LogP contribution in [-0.4, -0.2) is 29.2 Å². The van der Waals surface area contributed by atoms with Crippen molar-refractivity contribution in [1.82, 2.24) is 4.90 Å². The summed E-state index contributed by atoms with van der Waals surface area (Å²) < 4.78 is 2.13. The molecule has 1 aromatic rings. The van der Waals surface area contributed by atoms with Crippen molar-refractivity contribution in [3.63, 3.8) is 0 Å². The minimum atomic E-state index is 0.204. The molecular weight excluding hydrogens is 334 g/mol. The Balaban J connectivity index is 2.73. The van der Waals surface area contributed by atoms with Crippen molar-refractivity contribution in [2.45, 2.75) is 26.4 Å². The Morgan fingerprint density at radius 1 is 1.25 bits per heavy atom. The number of hydrogen-bond acceptors (Lipinski definition) is 2. The second kappa shape index (κ2) is 6.74. The van der Waals surface area contributed by atoms with Gasteiger partial charge in [0, 0.05) is 28.1 Å². The molecule has 0 aliphatic carbocycles. The maximum absolute atomic E-state index is 9.00. The lowest BCUT2D eigenvalue weighted by atomic mass is 10.2. The molecule has 0 fully saturated rings. The monoisotopic (exact) mass is 349 g/mol. The first kappa shape index (κ1) is 14.2. The van der Waals surface area contributed by atoms with Crippen LogP contribution in [0.1, 0.15) is 19.4 Å². The van der Waals surface area contributed by atoms with Crippen LogP contribution < -0.4 is 0 Å². The minimum absolute atomic E-state index is 0.204. The summed E-state index contributed by atoms with van der Waals surface area (Å²) in [6.45, 7) is 6.07. The van der Waals surface area contributed by atoms with Crippen molar-refractivity contribution in [2.24, 2.45) is 0 Å². The van der Waals surface area contributed by atoms with E-state index in [1.54, 1.807) is 0 Å². The summed E-state index contributed by atoms with van der Waals surface area (Å²) in [5.41, 5.74) is 1.25. The summed E-state index contributed by atoms with van der Waals surface area (Å²) in [7, 11) is 0. The van der Waals surface area contributed by atoms with E-state index in [1.165, 1.54) is 5.56 Å². The molecule has 0 aliphatic heterocycles. The van der Waals surface area contributed by atoms with Crippen LogP contribution in [0.15, 0.2) is 27.1 Å². The molecule has 1 rings (SSSR count). The molecule has 0 radical (unpaired) electrons. The third kappa shape index (κ3) is 4.17. The van der Waals surface area contributed by atoms with Gasteiger partial charge in [-0.15, -0.1) is 0 Å². The first-order valence-corrected chi connectivity index (χ1v) is 6.92. The molecule has 16 heavy (non-hydrogen) atoms. The maximum Gasteiger partial charge on any atom is 0.0558 e. The molecule has 0 unspecified atom stereocenters. The van der Waals surface area contributed by atoms with E-state index in [0.29, 0.717) is 12.6 Å². The summed E-state index contributed by atoms with van der Waals surface area (Å²) in [6, 6.07) is 6.68. The molecule has 0 atom stereocenters. The second-order valence-corrected chi connectivity index (χ2v) is 5.74. The molecule has 1 N–H and O–H groups in total. The van der Waals surface area contributed by atoms with Gasteiger partial charge >= 0.3 is 0 Å². The van der Waals surface area contributed by atoms with Crippen LogP contribution in [0.4, 0.5) is 0 Å². The summed E-state index contributed by atoms with van der Waals surface area (Å²) >= 11 is 6.95. The molecule has 90 valence electrons. The summed E-state index contributed by atoms with van der Waals surface area (Å²) in [5, 5.41) is 9.00. The van der Waals surface area contributed by atoms with E-state index in [-0.39, 0.29) is 6.61 Å². The van der Waals surface area contributed by atoms with Gasteiger partial charge in [-0.1, -0.05) is 6.07 Å². The summed E-state index contributed by atoms with van der Waals surface area (Å²) in [5.74, 6) is 0. The fourth-order valence-corrected chi connectivity index (χ4v) is 2.19. The van der Waals surface area contributed by atoms with Crippen molar-refractivity contribution in [3.8, 4) is 0 Å². The number of rotatable bonds is 5. The second-order valence-electron chi connectivity index (χ2n) is 4.04. The van der Waals surface area contributed by atoms with Gasteiger partial charge in [-0.3, -0.25) is 4.90 Å². The Bertz CT molecular complexity index is 342. The van der Waals surface area contributed by atoms with Gasteiger partial charge in [-0.2, -0.15) is 0 Å². The average molecular weight is 351 g/mol. The number of halogens is 2. The third-order valence-corrected chi connectivity index (χ3v) is 4.37. The molecule has 2 nitrogen and oxygen atoms in total. The van der Waals surface area contributed by atoms with Crippen LogP contribution >= 0.6 is 31.9 Å². The zero-order valence-electron chi connectivity index (χ0n) is 9.58. The van der Waals surface area contributed by atoms with Crippen LogP contribution in [0.3, 0.4) is 0 Å². The SMILES string of the molecule is CC(C)N(CCO)Cc1ccc(Br)c(Br)c1. The maximum atomic E-state index is 9.00. The van der Waals surface area contributed by atoms with E-state index < -0.39 is 0 Å². The lowest BCUT2D eigenvalue weighted by Crippen LogP contribution is -2.32. The molecule has 0 bridgehead atoms. The Kier molecular flexibility index (Phi) is 5.97. The topological polar surface area (TPSA) is 23.5 Å². The molecule has 0 aliphatic rings. The number of hydrogen-bond donors (Lipinski definition) is 1. The Labute approximate surface area is 114 Å². The van der Waals surface area contributed by atoms with E-state index in [4.69, 9.17) is 5.11 Å². The Morgan fingerprint density at radius 2 is 1.94 bits per heavy atom. The summed E-state index contributed by atoms with van der Waals surface area (Å²) in [6.07, 6.45) is 0. The van der Waals surface area contributed by atoms with E-state index in [1.807, 2.05) is 6.07 Å². The standard InChI is InChI=1S/C12H17Br2NO/c1-9(2)15(5-6-16)8-10-3-4-11(13)12(14)7-10/h3-4,7,9,16H,5-6,8H2,1-2H3. The third-order valence-electron chi connectivity index (χ3n) is 2.49. The number of aliphatic hydroxyl groups is 1. The van der Waals surface area contributed by atoms with E-state index >= 15 is 0 Å². The Morgan fingerprint density at radius 3 is 2.44 bits per heavy atom. The lowest BCUT2D eigenvalue weighted by Gasteiger charge is -2.25. The fourth-order valence-electron chi connectivity index (χ4n) is 1.52. The van der Waals surface area contributed by atoms with Gasteiger partial charge in [-0.25, -0.2) is 0 Å². The highest BCUT2D eigenvalue weighted by atomic mass is 79.9. The van der Waals surface area contributed by atoms with Gasteiger partial charge in [-0.05, 0) is 63.4 Å². The van der Waals surface area contributed by atoms with E-state index in [2.05, 4.69) is 62.7 Å². The van der Waals surface area contributed by atoms with Crippen LogP contribution in [0, 0.1) is 0 Å². The Hall–Kier alpha value is 0.1000. The van der Waals surface area contributed by atoms with Crippen LogP contribution in [-0.2, 0) is 6.54 Å². The predicted molar refractivity (Wildman–Crippen MR) is 74.5 cm³/mol. The largest absolute Gasteiger partial charge is 0.395 e. The summed E-state index contributed by atoms with van der Waals surface area (Å²) in [4.78, 5) is 2.25. The van der Waals surface area contributed by atoms with Crippen molar-refractivity contribution in [1.29, 1.82) is 0 Å². The highest BCUT2D eigenvalue weighted by Gasteiger charge is 2.09. The van der Waals surface area contributed by atoms with Gasteiger partial charge in [0.1, 0.15) is 0 Å². The van der Waals surface area contributed by atoms with Gasteiger partial charge < -0.3 is 5.11 Å². The highest BCUT2D eigenvalue weighted by molar-refractivity contribution is 9.13. The van der Waals surface area contributed by atoms with E-state index in [9.17, 15) is 0 Å². The van der Waals surface area contributed by atoms with Gasteiger partial charge in [0.15, 0.2) is 0 Å². The molecule has 0 saturated heterocycles. The quantitative estimate of drug-likeness (QED) is 0.879. The van der Waals surface area contributed by atoms with Crippen molar-refractivity contribution in [3.05, 3.63) is 32.7 Å². The molecule has 0 spiro atoms. The smallest absolute Gasteiger partial charge is 0.0558 e. The molecule has 0 heterocycles. The first-order chi connectivity index (χ1) is 7.54. The zero-order chi connectivity index (χ0) is 12.1. The molecule has 0 amide bonds. The molecule has 0 aromatic heterocycles. The molecular formula is C12H17Br2NO. The van der Waals surface area contributed by atoms with Gasteiger partial charge in [0.2, 0.25) is 0 Å². The lowest BCUT2D eigenvalue weighted by molar-refractivity contribution is 0.159. The molecule has 4 heteroatoms. The van der Waals surface area contributed by atoms with Gasteiger partial charge in [0.05, 0.1) is 6.61 Å². The van der Waals surface area contributed by atoms with E-state index in [0.717, 1.165) is 15.5 Å². The highest BCUT2D eigenvalue weighted by Crippen LogP contribution is 2.24. The fraction of sp³-hybridized carbons (Fsp3) is 0.500. The average Bonchev–Trinajstić information content (AvgIpc) is 2.22. The van der Waals surface area contributed by atoms with Crippen molar-refractivity contribution in [2.75, 3.05) is 13.2 Å². The van der Waals surface area contributed by atoms with Crippen LogP contribution in [0.2, 0.25) is 0 Å². The van der Waals surface area contributed by atoms with Gasteiger partial charge in [0.25, 0.3) is 0 Å². The van der Waals surface area contributed by atoms with Crippen molar-refractivity contribution < 1.29 is 5.11 Å². The predicted octanol–water partition coefficient (Wildman–Crippen LogP) is 3.41. The number of aliphatic hydroxyl groups excluding tert-OH is 1. The normalized spacial score (nSPS) is 11.4. The minimum Gasteiger partial charge on any atom is -0.395 e. The zero-order valence-corrected chi connectivity index (χ0v) is 12.8. The van der Waals surface area contributed by atoms with Crippen LogP contribution in [0.5, 0.6) is 0 Å². The molecule has 0 saturated carbocycles. The van der Waals surface area contributed by atoms with Crippen LogP contribution in [0.25, 0.3) is 0 Å². The number of benzene rings is 1. The number of nitrogens with zero attached hydrogens (tertiary/aromatic N) is 1. The first-order valence-electron chi connectivity index (χ1n) is 5.33. The van der Waals surface area contributed by atoms with Crippen molar-refractivity contribution >= 4 is 31.9 Å².